The number of hydrogen-bond donors (Lipinski definition) is 1. The molecule has 1 atom stereocenters. The topological polar surface area (TPSA) is 38.3 Å². The predicted octanol–water partition coefficient (Wildman–Crippen LogP) is 1.96. The van der Waals surface area contributed by atoms with Gasteiger partial charge in [0.15, 0.2) is 0 Å². The summed E-state index contributed by atoms with van der Waals surface area (Å²) in [5, 5.41) is 3.03. The van der Waals surface area contributed by atoms with Crippen molar-refractivity contribution in [2.45, 2.75) is 53.2 Å². The van der Waals surface area contributed by atoms with Crippen molar-refractivity contribution in [1.82, 2.24) is 5.32 Å². The maximum Gasteiger partial charge on any atom is 0.320 e. The molecule has 0 saturated carbocycles. The Morgan fingerprint density at radius 3 is 2.21 bits per heavy atom. The highest BCUT2D eigenvalue weighted by Gasteiger charge is 2.10. The van der Waals surface area contributed by atoms with Gasteiger partial charge in [0.1, 0.15) is 0 Å². The first-order valence-electron chi connectivity index (χ1n) is 5.34. The van der Waals surface area contributed by atoms with E-state index in [0.29, 0.717) is 18.5 Å². The molecule has 0 amide bonds. The van der Waals surface area contributed by atoms with E-state index in [2.05, 4.69) is 19.2 Å². The van der Waals surface area contributed by atoms with Crippen LogP contribution in [0.25, 0.3) is 0 Å². The molecule has 1 N–H and O–H groups in total. The smallest absolute Gasteiger partial charge is 0.320 e. The zero-order chi connectivity index (χ0) is 11.1. The predicted molar refractivity (Wildman–Crippen MR) is 58.1 cm³/mol. The fourth-order valence-electron chi connectivity index (χ4n) is 1.27. The average molecular weight is 201 g/mol. The summed E-state index contributed by atoms with van der Waals surface area (Å²) in [5.74, 6) is 0.405. The van der Waals surface area contributed by atoms with Crippen molar-refractivity contribution in [2.75, 3.05) is 6.54 Å². The minimum absolute atomic E-state index is 0.0245. The quantitative estimate of drug-likeness (QED) is 0.668. The summed E-state index contributed by atoms with van der Waals surface area (Å²) in [6.07, 6.45) is 0.949. The van der Waals surface area contributed by atoms with Crippen LogP contribution in [0.15, 0.2) is 0 Å². The lowest BCUT2D eigenvalue weighted by Gasteiger charge is -2.16. The number of carbonyl (C=O) groups excluding carboxylic acids is 1. The van der Waals surface area contributed by atoms with Crippen molar-refractivity contribution in [3.63, 3.8) is 0 Å². The number of carbonyl (C=O) groups is 1. The third kappa shape index (κ3) is 8.05. The van der Waals surface area contributed by atoms with Gasteiger partial charge in [-0.3, -0.25) is 4.79 Å². The summed E-state index contributed by atoms with van der Waals surface area (Å²) < 4.78 is 5.21. The van der Waals surface area contributed by atoms with E-state index < -0.39 is 0 Å². The Balaban J connectivity index is 3.60. The number of nitrogens with one attached hydrogen (secondary N) is 1. The Hall–Kier alpha value is -0.570. The van der Waals surface area contributed by atoms with E-state index in [1.54, 1.807) is 0 Å². The molecule has 3 heteroatoms. The normalized spacial score (nSPS) is 13.4. The fourth-order valence-corrected chi connectivity index (χ4v) is 1.27. The molecule has 0 radical (unpaired) electrons. The van der Waals surface area contributed by atoms with Gasteiger partial charge in [-0.05, 0) is 19.3 Å². The molecule has 0 spiro atoms. The van der Waals surface area contributed by atoms with Crippen molar-refractivity contribution in [2.24, 2.45) is 5.92 Å². The largest absolute Gasteiger partial charge is 0.462 e. The van der Waals surface area contributed by atoms with Crippen LogP contribution >= 0.6 is 0 Å². The van der Waals surface area contributed by atoms with Gasteiger partial charge in [0.2, 0.25) is 0 Å². The molecule has 1 unspecified atom stereocenters. The summed E-state index contributed by atoms with van der Waals surface area (Å²) in [4.78, 5) is 11.3. The zero-order valence-corrected chi connectivity index (χ0v) is 9.96. The molecule has 0 fully saturated rings. The number of ether oxygens (including phenoxy) is 1. The lowest BCUT2D eigenvalue weighted by atomic mass is 10.1. The van der Waals surface area contributed by atoms with Crippen LogP contribution in [0.1, 0.15) is 41.0 Å². The highest BCUT2D eigenvalue weighted by molar-refractivity contribution is 5.71. The Bertz CT molecular complexity index is 167. The second-order valence-electron chi connectivity index (χ2n) is 4.47. The van der Waals surface area contributed by atoms with Gasteiger partial charge in [0.05, 0.1) is 12.6 Å². The van der Waals surface area contributed by atoms with Gasteiger partial charge in [-0.2, -0.15) is 0 Å². The first kappa shape index (κ1) is 13.4. The van der Waals surface area contributed by atoms with Gasteiger partial charge in [-0.25, -0.2) is 0 Å². The standard InChI is InChI=1S/C11H23NO2/c1-8(2)6-10(5)14-11(13)7-12-9(3)4/h8-10,12H,6-7H2,1-5H3. The lowest BCUT2D eigenvalue weighted by molar-refractivity contribution is -0.147. The Morgan fingerprint density at radius 1 is 1.21 bits per heavy atom. The van der Waals surface area contributed by atoms with E-state index in [4.69, 9.17) is 4.74 Å². The van der Waals surface area contributed by atoms with Crippen LogP contribution < -0.4 is 5.32 Å². The SMILES string of the molecule is CC(C)CC(C)OC(=O)CNC(C)C. The Kier molecular flexibility index (Phi) is 6.54. The molecular weight excluding hydrogens is 178 g/mol. The molecule has 0 aliphatic heterocycles. The van der Waals surface area contributed by atoms with Crippen LogP contribution in [-0.2, 0) is 9.53 Å². The minimum Gasteiger partial charge on any atom is -0.462 e. The molecule has 0 aliphatic rings. The average Bonchev–Trinajstić information content (AvgIpc) is 1.98. The number of hydrogen-bond acceptors (Lipinski definition) is 3. The number of esters is 1. The molecule has 0 aromatic rings. The van der Waals surface area contributed by atoms with Crippen molar-refractivity contribution < 1.29 is 9.53 Å². The highest BCUT2D eigenvalue weighted by Crippen LogP contribution is 2.07. The third-order valence-electron chi connectivity index (χ3n) is 1.79. The van der Waals surface area contributed by atoms with E-state index in [1.807, 2.05) is 20.8 Å². The molecular formula is C11H23NO2. The van der Waals surface area contributed by atoms with Crippen molar-refractivity contribution in [1.29, 1.82) is 0 Å². The Morgan fingerprint density at radius 2 is 1.79 bits per heavy atom. The second kappa shape index (κ2) is 6.82. The van der Waals surface area contributed by atoms with Crippen LogP contribution in [-0.4, -0.2) is 24.7 Å². The van der Waals surface area contributed by atoms with Gasteiger partial charge in [-0.1, -0.05) is 27.7 Å². The van der Waals surface area contributed by atoms with Crippen LogP contribution in [0.4, 0.5) is 0 Å². The first-order chi connectivity index (χ1) is 6.41. The zero-order valence-electron chi connectivity index (χ0n) is 9.96. The Labute approximate surface area is 87.2 Å². The molecule has 0 aliphatic carbocycles. The first-order valence-corrected chi connectivity index (χ1v) is 5.34. The summed E-state index contributed by atoms with van der Waals surface area (Å²) in [5.41, 5.74) is 0. The van der Waals surface area contributed by atoms with Gasteiger partial charge in [-0.15, -0.1) is 0 Å². The monoisotopic (exact) mass is 201 g/mol. The van der Waals surface area contributed by atoms with Gasteiger partial charge in [0, 0.05) is 6.04 Å². The summed E-state index contributed by atoms with van der Waals surface area (Å²) >= 11 is 0. The minimum atomic E-state index is -0.160. The molecule has 14 heavy (non-hydrogen) atoms. The molecule has 0 rings (SSSR count). The van der Waals surface area contributed by atoms with E-state index in [0.717, 1.165) is 6.42 Å². The van der Waals surface area contributed by atoms with Crippen LogP contribution in [0, 0.1) is 5.92 Å². The van der Waals surface area contributed by atoms with E-state index in [1.165, 1.54) is 0 Å². The van der Waals surface area contributed by atoms with E-state index in [-0.39, 0.29) is 12.1 Å². The molecule has 3 nitrogen and oxygen atoms in total. The van der Waals surface area contributed by atoms with Gasteiger partial charge >= 0.3 is 5.97 Å². The van der Waals surface area contributed by atoms with Gasteiger partial charge in [0.25, 0.3) is 0 Å². The fraction of sp³-hybridized carbons (Fsp3) is 0.909. The molecule has 0 aromatic carbocycles. The highest BCUT2D eigenvalue weighted by atomic mass is 16.5. The second-order valence-corrected chi connectivity index (χ2v) is 4.47. The lowest BCUT2D eigenvalue weighted by Crippen LogP contribution is -2.32. The number of rotatable bonds is 6. The van der Waals surface area contributed by atoms with Crippen molar-refractivity contribution >= 4 is 5.97 Å². The molecule has 0 heterocycles. The summed E-state index contributed by atoms with van der Waals surface area (Å²) in [6.45, 7) is 10.5. The molecule has 84 valence electrons. The van der Waals surface area contributed by atoms with Crippen LogP contribution in [0.2, 0.25) is 0 Å². The van der Waals surface area contributed by atoms with Gasteiger partial charge < -0.3 is 10.1 Å². The molecule has 0 aromatic heterocycles. The van der Waals surface area contributed by atoms with E-state index >= 15 is 0 Å². The molecule has 0 saturated heterocycles. The maximum atomic E-state index is 11.3. The third-order valence-corrected chi connectivity index (χ3v) is 1.79. The van der Waals surface area contributed by atoms with E-state index in [9.17, 15) is 4.79 Å². The van der Waals surface area contributed by atoms with Crippen LogP contribution in [0.5, 0.6) is 0 Å². The maximum absolute atomic E-state index is 11.3. The van der Waals surface area contributed by atoms with Crippen molar-refractivity contribution in [3.05, 3.63) is 0 Å². The summed E-state index contributed by atoms with van der Waals surface area (Å²) in [6, 6.07) is 0.322. The van der Waals surface area contributed by atoms with Crippen LogP contribution in [0.3, 0.4) is 0 Å². The van der Waals surface area contributed by atoms with Crippen molar-refractivity contribution in [3.8, 4) is 0 Å². The summed E-state index contributed by atoms with van der Waals surface area (Å²) in [7, 11) is 0. The molecule has 0 bridgehead atoms.